The maximum absolute atomic E-state index is 12.7. The van der Waals surface area contributed by atoms with Crippen molar-refractivity contribution in [1.29, 1.82) is 5.26 Å². The number of para-hydroxylation sites is 1. The summed E-state index contributed by atoms with van der Waals surface area (Å²) in [5.74, 6) is -0.457. The van der Waals surface area contributed by atoms with E-state index in [0.29, 0.717) is 16.3 Å². The number of thiophene rings is 1. The van der Waals surface area contributed by atoms with Crippen molar-refractivity contribution in [1.82, 2.24) is 0 Å². The molecule has 6 nitrogen and oxygen atoms in total. The number of anilines is 2. The predicted octanol–water partition coefficient (Wildman–Crippen LogP) is 3.60. The minimum Gasteiger partial charge on any atom is -0.315 e. The number of hydrogen-bond donors (Lipinski definition) is 1. The lowest BCUT2D eigenvalue weighted by Crippen LogP contribution is -2.37. The van der Waals surface area contributed by atoms with E-state index in [1.165, 1.54) is 11.3 Å². The van der Waals surface area contributed by atoms with E-state index >= 15 is 0 Å². The molecule has 2 aromatic rings. The first kappa shape index (κ1) is 20.4. The van der Waals surface area contributed by atoms with Crippen LogP contribution in [-0.2, 0) is 27.7 Å². The summed E-state index contributed by atoms with van der Waals surface area (Å²) in [6.45, 7) is 1.46. The zero-order valence-electron chi connectivity index (χ0n) is 16.0. The van der Waals surface area contributed by atoms with Gasteiger partial charge in [-0.2, -0.15) is 5.26 Å². The van der Waals surface area contributed by atoms with Crippen LogP contribution in [0.3, 0.4) is 0 Å². The van der Waals surface area contributed by atoms with Crippen LogP contribution in [-0.4, -0.2) is 27.1 Å². The van der Waals surface area contributed by atoms with Crippen LogP contribution < -0.4 is 9.62 Å². The Morgan fingerprint density at radius 3 is 2.64 bits per heavy atom. The number of benzene rings is 1. The summed E-state index contributed by atoms with van der Waals surface area (Å²) in [7, 11) is -3.64. The van der Waals surface area contributed by atoms with Gasteiger partial charge < -0.3 is 5.32 Å². The van der Waals surface area contributed by atoms with Gasteiger partial charge in [-0.1, -0.05) is 24.6 Å². The van der Waals surface area contributed by atoms with E-state index in [9.17, 15) is 18.5 Å². The molecule has 28 heavy (non-hydrogen) atoms. The molecule has 1 aromatic heterocycles. The Morgan fingerprint density at radius 1 is 1.25 bits per heavy atom. The van der Waals surface area contributed by atoms with Crippen LogP contribution >= 0.6 is 11.3 Å². The molecule has 0 radical (unpaired) electrons. The Balaban J connectivity index is 1.85. The summed E-state index contributed by atoms with van der Waals surface area (Å²) in [4.78, 5) is 13.8. The van der Waals surface area contributed by atoms with Crippen molar-refractivity contribution >= 4 is 38.0 Å². The number of carbonyl (C=O) groups excluding carboxylic acids is 1. The zero-order chi connectivity index (χ0) is 20.3. The molecular weight excluding hydrogens is 394 g/mol. The van der Waals surface area contributed by atoms with Gasteiger partial charge in [0.1, 0.15) is 17.6 Å². The molecule has 0 bridgehead atoms. The van der Waals surface area contributed by atoms with Crippen molar-refractivity contribution in [2.75, 3.05) is 22.4 Å². The van der Waals surface area contributed by atoms with Gasteiger partial charge in [0.2, 0.25) is 15.9 Å². The molecular formula is C20H23N3O3S2. The highest BCUT2D eigenvalue weighted by atomic mass is 32.2. The fourth-order valence-corrected chi connectivity index (χ4v) is 5.64. The first-order valence-electron chi connectivity index (χ1n) is 9.19. The maximum atomic E-state index is 12.7. The Morgan fingerprint density at radius 2 is 1.96 bits per heavy atom. The molecule has 1 amide bonds. The third-order valence-electron chi connectivity index (χ3n) is 4.86. The van der Waals surface area contributed by atoms with Crippen molar-refractivity contribution in [2.45, 2.75) is 39.0 Å². The predicted molar refractivity (Wildman–Crippen MR) is 112 cm³/mol. The zero-order valence-corrected chi connectivity index (χ0v) is 17.6. The van der Waals surface area contributed by atoms with Crippen molar-refractivity contribution < 1.29 is 13.2 Å². The first-order valence-corrected chi connectivity index (χ1v) is 11.9. The van der Waals surface area contributed by atoms with Crippen LogP contribution in [0, 0.1) is 18.3 Å². The fourth-order valence-electron chi connectivity index (χ4n) is 3.47. The van der Waals surface area contributed by atoms with Gasteiger partial charge in [-0.3, -0.25) is 9.10 Å². The molecule has 1 aliphatic rings. The molecule has 8 heteroatoms. The Kier molecular flexibility index (Phi) is 6.06. The van der Waals surface area contributed by atoms with Crippen LogP contribution in [0.2, 0.25) is 0 Å². The van der Waals surface area contributed by atoms with Gasteiger partial charge in [-0.05, 0) is 49.8 Å². The van der Waals surface area contributed by atoms with Gasteiger partial charge >= 0.3 is 0 Å². The monoisotopic (exact) mass is 417 g/mol. The number of hydrogen-bond acceptors (Lipinski definition) is 5. The number of aryl methyl sites for hydroxylation is 2. The molecule has 0 saturated carbocycles. The summed E-state index contributed by atoms with van der Waals surface area (Å²) in [6.07, 6.45) is 6.13. The van der Waals surface area contributed by atoms with Gasteiger partial charge in [0.15, 0.2) is 0 Å². The van der Waals surface area contributed by atoms with E-state index < -0.39 is 15.9 Å². The molecule has 1 heterocycles. The Bertz CT molecular complexity index is 1040. The second-order valence-electron chi connectivity index (χ2n) is 6.98. The average Bonchev–Trinajstić information content (AvgIpc) is 2.79. The molecule has 1 N–H and O–H groups in total. The van der Waals surface area contributed by atoms with E-state index in [2.05, 4.69) is 11.4 Å². The minimum absolute atomic E-state index is 0.336. The van der Waals surface area contributed by atoms with Gasteiger partial charge in [-0.15, -0.1) is 11.3 Å². The Labute approximate surface area is 169 Å². The van der Waals surface area contributed by atoms with Crippen LogP contribution in [0.1, 0.15) is 40.8 Å². The van der Waals surface area contributed by atoms with Crippen LogP contribution in [0.4, 0.5) is 10.7 Å². The highest BCUT2D eigenvalue weighted by Crippen LogP contribution is 2.37. The second-order valence-corrected chi connectivity index (χ2v) is 10.00. The molecule has 148 valence electrons. The number of amides is 1. The van der Waals surface area contributed by atoms with E-state index in [1.807, 2.05) is 6.07 Å². The van der Waals surface area contributed by atoms with Crippen molar-refractivity contribution in [3.05, 3.63) is 45.8 Å². The third kappa shape index (κ3) is 4.37. The third-order valence-corrected chi connectivity index (χ3v) is 7.19. The molecule has 0 unspecified atom stereocenters. The number of nitrogens with one attached hydrogen (secondary N) is 1. The highest BCUT2D eigenvalue weighted by molar-refractivity contribution is 7.92. The molecule has 0 atom stereocenters. The molecule has 1 aliphatic carbocycles. The number of rotatable bonds is 5. The van der Waals surface area contributed by atoms with E-state index in [1.54, 1.807) is 25.1 Å². The highest BCUT2D eigenvalue weighted by Gasteiger charge is 2.25. The largest absolute Gasteiger partial charge is 0.315 e. The molecule has 0 spiro atoms. The lowest BCUT2D eigenvalue weighted by molar-refractivity contribution is -0.114. The molecule has 0 fully saturated rings. The van der Waals surface area contributed by atoms with Crippen molar-refractivity contribution in [3.8, 4) is 6.07 Å². The summed E-state index contributed by atoms with van der Waals surface area (Å²) in [5, 5.41) is 12.9. The normalized spacial score (nSPS) is 13.9. The van der Waals surface area contributed by atoms with Gasteiger partial charge in [-0.25, -0.2) is 8.42 Å². The first-order chi connectivity index (χ1) is 13.3. The summed E-state index contributed by atoms with van der Waals surface area (Å²) >= 11 is 1.44. The molecule has 3 rings (SSSR count). The summed E-state index contributed by atoms with van der Waals surface area (Å²) in [5.41, 5.74) is 2.81. The van der Waals surface area contributed by atoms with Gasteiger partial charge in [0.25, 0.3) is 0 Å². The van der Waals surface area contributed by atoms with E-state index in [4.69, 9.17) is 0 Å². The molecule has 0 saturated heterocycles. The van der Waals surface area contributed by atoms with E-state index in [0.717, 1.165) is 58.7 Å². The lowest BCUT2D eigenvalue weighted by Gasteiger charge is -2.23. The molecule has 1 aromatic carbocycles. The SMILES string of the molecule is Cc1ccccc1N(CC(=O)Nc1sc2c(c1C#N)CCCCC2)S(C)(=O)=O. The fraction of sp³-hybridized carbons (Fsp3) is 0.400. The quantitative estimate of drug-likeness (QED) is 0.753. The average molecular weight is 418 g/mol. The van der Waals surface area contributed by atoms with Gasteiger partial charge in [0, 0.05) is 4.88 Å². The molecule has 0 aliphatic heterocycles. The van der Waals surface area contributed by atoms with E-state index in [-0.39, 0.29) is 6.54 Å². The maximum Gasteiger partial charge on any atom is 0.245 e. The van der Waals surface area contributed by atoms with Crippen molar-refractivity contribution in [2.24, 2.45) is 0 Å². The Hall–Kier alpha value is -2.37. The number of carbonyl (C=O) groups is 1. The lowest BCUT2D eigenvalue weighted by atomic mass is 10.1. The number of sulfonamides is 1. The second kappa shape index (κ2) is 8.33. The van der Waals surface area contributed by atoms with Gasteiger partial charge in [0.05, 0.1) is 17.5 Å². The van der Waals surface area contributed by atoms with Crippen LogP contribution in [0.25, 0.3) is 0 Å². The standard InChI is InChI=1S/C20H23N3O3S2/c1-14-8-6-7-10-17(14)23(28(2,25)26)13-19(24)22-20-16(12-21)15-9-4-3-5-11-18(15)27-20/h6-8,10H,3-5,9,11,13H2,1-2H3,(H,22,24). The van der Waals surface area contributed by atoms with Crippen LogP contribution in [0.5, 0.6) is 0 Å². The minimum atomic E-state index is -3.64. The summed E-state index contributed by atoms with van der Waals surface area (Å²) < 4.78 is 25.7. The topological polar surface area (TPSA) is 90.3 Å². The van der Waals surface area contributed by atoms with Crippen LogP contribution in [0.15, 0.2) is 24.3 Å². The number of fused-ring (bicyclic) bond motifs is 1. The number of nitrogens with zero attached hydrogens (tertiary/aromatic N) is 2. The number of nitriles is 1. The summed E-state index contributed by atoms with van der Waals surface area (Å²) in [6, 6.07) is 9.26. The van der Waals surface area contributed by atoms with Crippen molar-refractivity contribution in [3.63, 3.8) is 0 Å². The smallest absolute Gasteiger partial charge is 0.245 e.